The Kier molecular flexibility index (Phi) is 4.06. The van der Waals surface area contributed by atoms with E-state index < -0.39 is 11.7 Å². The number of halogens is 3. The van der Waals surface area contributed by atoms with E-state index in [1.165, 1.54) is 18.6 Å². The van der Waals surface area contributed by atoms with E-state index in [1.54, 1.807) is 12.1 Å². The molecule has 2 rings (SSSR count). The lowest BCUT2D eigenvalue weighted by atomic mass is 10.1. The van der Waals surface area contributed by atoms with E-state index in [2.05, 4.69) is 9.97 Å². The van der Waals surface area contributed by atoms with Gasteiger partial charge in [-0.25, -0.2) is 9.97 Å². The van der Waals surface area contributed by atoms with E-state index in [1.807, 2.05) is 0 Å². The van der Waals surface area contributed by atoms with Crippen LogP contribution < -0.4 is 5.73 Å². The summed E-state index contributed by atoms with van der Waals surface area (Å²) in [6, 6.07) is 5.72. The molecule has 3 nitrogen and oxygen atoms in total. The van der Waals surface area contributed by atoms with Crippen molar-refractivity contribution in [2.24, 2.45) is 5.73 Å². The van der Waals surface area contributed by atoms with Crippen LogP contribution in [0.5, 0.6) is 0 Å². The Hall–Kier alpha value is -1.60. The zero-order valence-corrected chi connectivity index (χ0v) is 10.5. The van der Waals surface area contributed by atoms with Crippen LogP contribution in [0.1, 0.15) is 11.1 Å². The molecule has 0 bridgehead atoms. The Morgan fingerprint density at radius 2 is 2.00 bits per heavy atom. The first kappa shape index (κ1) is 13.8. The Labute approximate surface area is 112 Å². The SMILES string of the molecule is NCc1ccc(Sc2ccncn2)cc1C(F)(F)F. The summed E-state index contributed by atoms with van der Waals surface area (Å²) in [6.07, 6.45) is -1.52. The third kappa shape index (κ3) is 3.45. The van der Waals surface area contributed by atoms with Gasteiger partial charge in [0.2, 0.25) is 0 Å². The predicted octanol–water partition coefficient (Wildman–Crippen LogP) is 3.11. The minimum absolute atomic E-state index is 0.0829. The zero-order chi connectivity index (χ0) is 13.9. The van der Waals surface area contributed by atoms with Gasteiger partial charge in [0, 0.05) is 17.6 Å². The van der Waals surface area contributed by atoms with Crippen LogP contribution in [-0.4, -0.2) is 9.97 Å². The van der Waals surface area contributed by atoms with E-state index >= 15 is 0 Å². The Morgan fingerprint density at radius 1 is 1.21 bits per heavy atom. The summed E-state index contributed by atoms with van der Waals surface area (Å²) in [5.41, 5.74) is 4.71. The fourth-order valence-electron chi connectivity index (χ4n) is 1.52. The molecule has 0 aliphatic rings. The second-order valence-electron chi connectivity index (χ2n) is 3.67. The van der Waals surface area contributed by atoms with Gasteiger partial charge in [0.1, 0.15) is 11.4 Å². The van der Waals surface area contributed by atoms with Crippen LogP contribution in [0.2, 0.25) is 0 Å². The fraction of sp³-hybridized carbons (Fsp3) is 0.167. The van der Waals surface area contributed by atoms with Crippen LogP contribution in [0.4, 0.5) is 13.2 Å². The number of alkyl halides is 3. The van der Waals surface area contributed by atoms with Crippen molar-refractivity contribution in [1.82, 2.24) is 9.97 Å². The summed E-state index contributed by atoms with van der Waals surface area (Å²) in [5.74, 6) is 0. The Morgan fingerprint density at radius 3 is 2.58 bits per heavy atom. The van der Waals surface area contributed by atoms with Gasteiger partial charge in [-0.05, 0) is 23.8 Å². The van der Waals surface area contributed by atoms with Crippen LogP contribution >= 0.6 is 11.8 Å². The van der Waals surface area contributed by atoms with Gasteiger partial charge in [0.25, 0.3) is 0 Å². The second kappa shape index (κ2) is 5.58. The summed E-state index contributed by atoms with van der Waals surface area (Å²) in [4.78, 5) is 8.17. The summed E-state index contributed by atoms with van der Waals surface area (Å²) < 4.78 is 38.6. The molecule has 2 N–H and O–H groups in total. The van der Waals surface area contributed by atoms with Crippen molar-refractivity contribution in [1.29, 1.82) is 0 Å². The van der Waals surface area contributed by atoms with E-state index in [-0.39, 0.29) is 12.1 Å². The van der Waals surface area contributed by atoms with Gasteiger partial charge in [-0.2, -0.15) is 13.2 Å². The number of nitrogens with two attached hydrogens (primary N) is 1. The number of aromatic nitrogens is 2. The van der Waals surface area contributed by atoms with Crippen LogP contribution in [0, 0.1) is 0 Å². The first-order valence-electron chi connectivity index (χ1n) is 5.35. The molecule has 0 saturated carbocycles. The molecule has 0 unspecified atom stereocenters. The summed E-state index contributed by atoms with van der Waals surface area (Å²) in [7, 11) is 0. The average Bonchev–Trinajstić information content (AvgIpc) is 2.39. The molecule has 0 atom stereocenters. The van der Waals surface area contributed by atoms with Crippen molar-refractivity contribution in [3.8, 4) is 0 Å². The van der Waals surface area contributed by atoms with Crippen LogP contribution in [0.25, 0.3) is 0 Å². The first-order valence-corrected chi connectivity index (χ1v) is 6.16. The molecule has 19 heavy (non-hydrogen) atoms. The zero-order valence-electron chi connectivity index (χ0n) is 9.69. The molecule has 1 heterocycles. The smallest absolute Gasteiger partial charge is 0.326 e. The monoisotopic (exact) mass is 285 g/mol. The quantitative estimate of drug-likeness (QED) is 0.880. The highest BCUT2D eigenvalue weighted by Gasteiger charge is 2.33. The standard InChI is InChI=1S/C12H10F3N3S/c13-12(14,15)10-5-9(2-1-8(10)6-16)19-11-3-4-17-7-18-11/h1-5,7H,6,16H2. The molecule has 1 aromatic heterocycles. The van der Waals surface area contributed by atoms with Crippen molar-refractivity contribution < 1.29 is 13.2 Å². The Bertz CT molecular complexity index is 558. The third-order valence-electron chi connectivity index (χ3n) is 2.38. The lowest BCUT2D eigenvalue weighted by Crippen LogP contribution is -2.11. The molecule has 0 amide bonds. The molecule has 100 valence electrons. The molecule has 0 fully saturated rings. The van der Waals surface area contributed by atoms with Crippen molar-refractivity contribution >= 4 is 11.8 Å². The van der Waals surface area contributed by atoms with E-state index in [4.69, 9.17) is 5.73 Å². The van der Waals surface area contributed by atoms with Crippen LogP contribution in [0.3, 0.4) is 0 Å². The van der Waals surface area contributed by atoms with Crippen molar-refractivity contribution in [3.63, 3.8) is 0 Å². The normalized spacial score (nSPS) is 11.6. The summed E-state index contributed by atoms with van der Waals surface area (Å²) >= 11 is 1.15. The van der Waals surface area contributed by atoms with Crippen molar-refractivity contribution in [2.45, 2.75) is 22.6 Å². The van der Waals surface area contributed by atoms with Gasteiger partial charge in [-0.15, -0.1) is 0 Å². The van der Waals surface area contributed by atoms with Gasteiger partial charge in [0.15, 0.2) is 0 Å². The molecular weight excluding hydrogens is 275 g/mol. The maximum atomic E-state index is 12.9. The summed E-state index contributed by atoms with van der Waals surface area (Å²) in [6.45, 7) is -0.146. The Balaban J connectivity index is 2.33. The lowest BCUT2D eigenvalue weighted by Gasteiger charge is -2.13. The molecule has 7 heteroatoms. The largest absolute Gasteiger partial charge is 0.416 e. The molecule has 0 radical (unpaired) electrons. The van der Waals surface area contributed by atoms with Gasteiger partial charge in [-0.3, -0.25) is 0 Å². The third-order valence-corrected chi connectivity index (χ3v) is 3.32. The fourth-order valence-corrected chi connectivity index (χ4v) is 2.30. The van der Waals surface area contributed by atoms with Gasteiger partial charge < -0.3 is 5.73 Å². The van der Waals surface area contributed by atoms with Crippen molar-refractivity contribution in [2.75, 3.05) is 0 Å². The first-order chi connectivity index (χ1) is 9.00. The second-order valence-corrected chi connectivity index (χ2v) is 4.76. The number of nitrogens with zero attached hydrogens (tertiary/aromatic N) is 2. The number of rotatable bonds is 3. The lowest BCUT2D eigenvalue weighted by molar-refractivity contribution is -0.138. The molecule has 0 spiro atoms. The molecule has 0 saturated heterocycles. The number of hydrogen-bond donors (Lipinski definition) is 1. The van der Waals surface area contributed by atoms with Crippen LogP contribution in [-0.2, 0) is 12.7 Å². The highest BCUT2D eigenvalue weighted by Crippen LogP contribution is 2.36. The highest BCUT2D eigenvalue weighted by atomic mass is 32.2. The van der Waals surface area contributed by atoms with Crippen LogP contribution in [0.15, 0.2) is 46.7 Å². The molecular formula is C12H10F3N3S. The number of benzene rings is 1. The average molecular weight is 285 g/mol. The molecule has 2 aromatic rings. The van der Waals surface area contributed by atoms with Crippen molar-refractivity contribution in [3.05, 3.63) is 47.9 Å². The topological polar surface area (TPSA) is 51.8 Å². The molecule has 1 aromatic carbocycles. The maximum Gasteiger partial charge on any atom is 0.416 e. The summed E-state index contributed by atoms with van der Waals surface area (Å²) in [5, 5.41) is 0.587. The van der Waals surface area contributed by atoms with Gasteiger partial charge in [0.05, 0.1) is 5.56 Å². The highest BCUT2D eigenvalue weighted by molar-refractivity contribution is 7.99. The molecule has 0 aliphatic heterocycles. The predicted molar refractivity (Wildman–Crippen MR) is 65.5 cm³/mol. The minimum atomic E-state index is -4.41. The number of hydrogen-bond acceptors (Lipinski definition) is 4. The minimum Gasteiger partial charge on any atom is -0.326 e. The van der Waals surface area contributed by atoms with E-state index in [9.17, 15) is 13.2 Å². The van der Waals surface area contributed by atoms with Gasteiger partial charge >= 0.3 is 6.18 Å². The van der Waals surface area contributed by atoms with Gasteiger partial charge in [-0.1, -0.05) is 17.8 Å². The molecule has 0 aliphatic carbocycles. The van der Waals surface area contributed by atoms with E-state index in [0.29, 0.717) is 9.92 Å². The maximum absolute atomic E-state index is 12.9. The van der Waals surface area contributed by atoms with E-state index in [0.717, 1.165) is 17.8 Å².